The number of likely N-dealkylation sites (tertiary alicyclic amines) is 1. The van der Waals surface area contributed by atoms with Crippen molar-refractivity contribution in [1.82, 2.24) is 4.90 Å². The Morgan fingerprint density at radius 1 is 0.926 bits per heavy atom. The third kappa shape index (κ3) is 2.54. The van der Waals surface area contributed by atoms with Crippen LogP contribution in [-0.2, 0) is 20.8 Å². The number of hydrogen-bond acceptors (Lipinski definition) is 3. The minimum Gasteiger partial charge on any atom is -0.299 e. The number of hydrogen-bond donors (Lipinski definition) is 0. The van der Waals surface area contributed by atoms with Crippen LogP contribution in [0.2, 0.25) is 0 Å². The lowest BCUT2D eigenvalue weighted by Crippen LogP contribution is -2.34. The molecule has 2 unspecified atom stereocenters. The maximum Gasteiger partial charge on any atom is 0.233 e. The Morgan fingerprint density at radius 2 is 1.59 bits per heavy atom. The zero-order valence-corrected chi connectivity index (χ0v) is 15.0. The Labute approximate surface area is 157 Å². The summed E-state index contributed by atoms with van der Waals surface area (Å²) in [5.41, 5.74) is 0.997. The van der Waals surface area contributed by atoms with Gasteiger partial charge < -0.3 is 0 Å². The second-order valence-electron chi connectivity index (χ2n) is 7.93. The second kappa shape index (κ2) is 6.15. The van der Waals surface area contributed by atoms with Gasteiger partial charge in [0.1, 0.15) is 5.78 Å². The van der Waals surface area contributed by atoms with E-state index in [0.29, 0.717) is 6.42 Å². The predicted octanol–water partition coefficient (Wildman–Crippen LogP) is 3.15. The topological polar surface area (TPSA) is 54.5 Å². The van der Waals surface area contributed by atoms with E-state index >= 15 is 0 Å². The molecule has 136 valence electrons. The van der Waals surface area contributed by atoms with Crippen molar-refractivity contribution in [1.29, 1.82) is 0 Å². The molecular weight excluding hydrogens is 338 g/mol. The van der Waals surface area contributed by atoms with Gasteiger partial charge >= 0.3 is 0 Å². The lowest BCUT2D eigenvalue weighted by molar-refractivity contribution is -0.140. The molecular formula is C23H21NO3. The van der Waals surface area contributed by atoms with Crippen LogP contribution >= 0.6 is 0 Å². The monoisotopic (exact) mass is 359 g/mol. The normalized spacial score (nSPS) is 28.4. The van der Waals surface area contributed by atoms with Gasteiger partial charge in [0, 0.05) is 19.4 Å². The van der Waals surface area contributed by atoms with E-state index in [1.165, 1.54) is 4.90 Å². The third-order valence-corrected chi connectivity index (χ3v) is 6.44. The standard InChI is InChI=1S/C23H21NO3/c25-18(13-15-6-3-5-14-4-1-2-7-19(14)15)10-11-24-22(26)20-16-8-9-17(12-16)21(20)23(24)27/h1-9,16-17,20-21H,10-13H2/t16-,17+,20?,21?. The minimum atomic E-state index is -0.180. The highest BCUT2D eigenvalue weighted by Gasteiger charge is 2.58. The Balaban J connectivity index is 1.26. The van der Waals surface area contributed by atoms with Gasteiger partial charge in [-0.3, -0.25) is 19.3 Å². The van der Waals surface area contributed by atoms with E-state index in [2.05, 4.69) is 12.2 Å². The van der Waals surface area contributed by atoms with Crippen molar-refractivity contribution in [3.05, 3.63) is 60.2 Å². The van der Waals surface area contributed by atoms with Gasteiger partial charge in [-0.25, -0.2) is 0 Å². The van der Waals surface area contributed by atoms with Crippen molar-refractivity contribution >= 4 is 28.4 Å². The molecule has 2 fully saturated rings. The molecule has 4 heteroatoms. The average Bonchev–Trinajstić information content (AvgIpc) is 3.35. The Morgan fingerprint density at radius 3 is 2.33 bits per heavy atom. The van der Waals surface area contributed by atoms with E-state index < -0.39 is 0 Å². The van der Waals surface area contributed by atoms with Crippen LogP contribution in [0.3, 0.4) is 0 Å². The first kappa shape index (κ1) is 16.4. The van der Waals surface area contributed by atoms with Crippen molar-refractivity contribution in [3.8, 4) is 0 Å². The molecule has 2 aromatic carbocycles. The summed E-state index contributed by atoms with van der Waals surface area (Å²) in [7, 11) is 0. The number of allylic oxidation sites excluding steroid dienone is 2. The van der Waals surface area contributed by atoms with Gasteiger partial charge in [-0.1, -0.05) is 54.6 Å². The van der Waals surface area contributed by atoms with Crippen molar-refractivity contribution in [2.45, 2.75) is 19.3 Å². The molecule has 4 atom stereocenters. The molecule has 2 amide bonds. The van der Waals surface area contributed by atoms with Crippen LogP contribution in [0.25, 0.3) is 10.8 Å². The number of nitrogens with zero attached hydrogens (tertiary/aromatic N) is 1. The fraction of sp³-hybridized carbons (Fsp3) is 0.348. The Hall–Kier alpha value is -2.75. The molecule has 3 aliphatic rings. The molecule has 0 radical (unpaired) electrons. The van der Waals surface area contributed by atoms with E-state index in [9.17, 15) is 14.4 Å². The Kier molecular flexibility index (Phi) is 3.74. The van der Waals surface area contributed by atoms with E-state index in [1.807, 2.05) is 42.5 Å². The maximum absolute atomic E-state index is 12.7. The second-order valence-corrected chi connectivity index (χ2v) is 7.93. The van der Waals surface area contributed by atoms with Gasteiger partial charge in [0.05, 0.1) is 11.8 Å². The number of ketones is 1. The number of fused-ring (bicyclic) bond motifs is 6. The minimum absolute atomic E-state index is 0.0603. The summed E-state index contributed by atoms with van der Waals surface area (Å²) in [6, 6.07) is 14.0. The van der Waals surface area contributed by atoms with E-state index in [0.717, 1.165) is 22.8 Å². The smallest absolute Gasteiger partial charge is 0.233 e. The van der Waals surface area contributed by atoms with E-state index in [1.54, 1.807) is 0 Å². The number of carbonyl (C=O) groups excluding carboxylic acids is 3. The molecule has 1 aliphatic heterocycles. The van der Waals surface area contributed by atoms with Crippen LogP contribution in [-0.4, -0.2) is 29.0 Å². The van der Waals surface area contributed by atoms with Gasteiger partial charge in [0.25, 0.3) is 0 Å². The quantitative estimate of drug-likeness (QED) is 0.609. The van der Waals surface area contributed by atoms with Gasteiger partial charge in [-0.2, -0.15) is 0 Å². The van der Waals surface area contributed by atoms with Crippen LogP contribution in [0.1, 0.15) is 18.4 Å². The predicted molar refractivity (Wildman–Crippen MR) is 102 cm³/mol. The highest BCUT2D eigenvalue weighted by Crippen LogP contribution is 2.52. The van der Waals surface area contributed by atoms with E-state index in [-0.39, 0.29) is 54.2 Å². The van der Waals surface area contributed by atoms with Crippen LogP contribution in [0.4, 0.5) is 0 Å². The molecule has 27 heavy (non-hydrogen) atoms. The molecule has 5 rings (SSSR count). The Bertz CT molecular complexity index is 957. The number of rotatable bonds is 5. The van der Waals surface area contributed by atoms with Crippen molar-refractivity contribution in [2.24, 2.45) is 23.7 Å². The van der Waals surface area contributed by atoms with Gasteiger partial charge in [0.2, 0.25) is 11.8 Å². The summed E-state index contributed by atoms with van der Waals surface area (Å²) in [6.45, 7) is 0.216. The van der Waals surface area contributed by atoms with Crippen LogP contribution < -0.4 is 0 Å². The van der Waals surface area contributed by atoms with E-state index in [4.69, 9.17) is 0 Å². The fourth-order valence-corrected chi connectivity index (χ4v) is 5.17. The summed E-state index contributed by atoms with van der Waals surface area (Å²) in [5.74, 6) is -0.00765. The molecule has 2 bridgehead atoms. The number of imide groups is 1. The average molecular weight is 359 g/mol. The first-order valence-corrected chi connectivity index (χ1v) is 9.65. The molecule has 1 heterocycles. The van der Waals surface area contributed by atoms with Crippen LogP contribution in [0.5, 0.6) is 0 Å². The lowest BCUT2D eigenvalue weighted by atomic mass is 9.85. The molecule has 1 saturated carbocycles. The molecule has 0 aromatic heterocycles. The summed E-state index contributed by atoms with van der Waals surface area (Å²) in [4.78, 5) is 39.3. The first-order valence-electron chi connectivity index (χ1n) is 9.65. The number of amides is 2. The molecule has 2 aliphatic carbocycles. The molecule has 4 nitrogen and oxygen atoms in total. The summed E-state index contributed by atoms with van der Waals surface area (Å²) < 4.78 is 0. The van der Waals surface area contributed by atoms with Crippen molar-refractivity contribution < 1.29 is 14.4 Å². The fourth-order valence-electron chi connectivity index (χ4n) is 5.17. The highest BCUT2D eigenvalue weighted by molar-refractivity contribution is 6.06. The summed E-state index contributed by atoms with van der Waals surface area (Å²) in [5, 5.41) is 2.20. The van der Waals surface area contributed by atoms with Crippen LogP contribution in [0, 0.1) is 23.7 Å². The summed E-state index contributed by atoms with van der Waals surface area (Å²) >= 11 is 0. The molecule has 0 spiro atoms. The molecule has 0 N–H and O–H groups in total. The van der Waals surface area contributed by atoms with Crippen molar-refractivity contribution in [3.63, 3.8) is 0 Å². The van der Waals surface area contributed by atoms with Gasteiger partial charge in [-0.15, -0.1) is 0 Å². The van der Waals surface area contributed by atoms with Gasteiger partial charge in [-0.05, 0) is 34.6 Å². The largest absolute Gasteiger partial charge is 0.299 e. The number of benzene rings is 2. The maximum atomic E-state index is 12.7. The summed E-state index contributed by atoms with van der Waals surface area (Å²) in [6.07, 6.45) is 5.67. The SMILES string of the molecule is O=C(CCN1C(=O)C2C(C1=O)[C@H]1C=C[C@@H]2C1)Cc1cccc2ccccc12. The number of Topliss-reactive ketones (excluding diaryl/α,β-unsaturated/α-hetero) is 1. The molecule has 2 aromatic rings. The lowest BCUT2D eigenvalue weighted by Gasteiger charge is -2.16. The van der Waals surface area contributed by atoms with Gasteiger partial charge in [0.15, 0.2) is 0 Å². The first-order chi connectivity index (χ1) is 13.1. The number of carbonyl (C=O) groups is 3. The van der Waals surface area contributed by atoms with Crippen LogP contribution in [0.15, 0.2) is 54.6 Å². The zero-order valence-electron chi connectivity index (χ0n) is 15.0. The van der Waals surface area contributed by atoms with Crippen molar-refractivity contribution in [2.75, 3.05) is 6.54 Å². The zero-order chi connectivity index (χ0) is 18.5. The molecule has 1 saturated heterocycles. The third-order valence-electron chi connectivity index (χ3n) is 6.44. The highest BCUT2D eigenvalue weighted by atomic mass is 16.2.